The third kappa shape index (κ3) is 10.0. The van der Waals surface area contributed by atoms with Gasteiger partial charge in [0, 0.05) is 25.2 Å². The number of nitrogens with one attached hydrogen (secondary N) is 2. The van der Waals surface area contributed by atoms with Gasteiger partial charge in [-0.25, -0.2) is 9.97 Å². The minimum atomic E-state index is 0.388. The Balaban J connectivity index is 0.971. The Bertz CT molecular complexity index is 1850. The zero-order chi connectivity index (χ0) is 35.4. The number of H-pyrrole nitrogens is 2. The van der Waals surface area contributed by atoms with Gasteiger partial charge in [0.05, 0.1) is 59.6 Å². The van der Waals surface area contributed by atoms with E-state index in [1.165, 1.54) is 0 Å². The number of hydrogen-bond acceptors (Lipinski definition) is 9. The molecule has 0 amide bonds. The fourth-order valence-electron chi connectivity index (χ4n) is 5.65. The van der Waals surface area contributed by atoms with E-state index in [0.717, 1.165) is 93.8 Å². The van der Waals surface area contributed by atoms with E-state index in [0.29, 0.717) is 39.6 Å². The summed E-state index contributed by atoms with van der Waals surface area (Å²) in [5.74, 6) is 4.61. The minimum Gasteiger partial charge on any atom is -0.493 e. The predicted molar refractivity (Wildman–Crippen MR) is 202 cm³/mol. The summed E-state index contributed by atoms with van der Waals surface area (Å²) in [6.07, 6.45) is 1.93. The number of rotatable bonds is 20. The number of para-hydroxylation sites is 2. The lowest BCUT2D eigenvalue weighted by molar-refractivity contribution is 0.0767. The van der Waals surface area contributed by atoms with Crippen LogP contribution in [0.5, 0.6) is 23.0 Å². The summed E-state index contributed by atoms with van der Waals surface area (Å²) < 4.78 is 30.0. The molecule has 0 fully saturated rings. The molecule has 2 aromatic heterocycles. The Morgan fingerprint density at radius 1 is 0.510 bits per heavy atom. The van der Waals surface area contributed by atoms with Crippen molar-refractivity contribution >= 4 is 22.1 Å². The van der Waals surface area contributed by atoms with Gasteiger partial charge in [-0.3, -0.25) is 0 Å². The number of ether oxygens (including phenoxy) is 5. The van der Waals surface area contributed by atoms with E-state index in [1.54, 1.807) is 0 Å². The zero-order valence-corrected chi connectivity index (χ0v) is 30.0. The van der Waals surface area contributed by atoms with Crippen LogP contribution in [0.4, 0.5) is 0 Å². The number of imidazole rings is 2. The van der Waals surface area contributed by atoms with Crippen molar-refractivity contribution in [1.82, 2.24) is 29.7 Å². The molecule has 11 nitrogen and oxygen atoms in total. The van der Waals surface area contributed by atoms with E-state index in [-0.39, 0.29) is 0 Å². The molecule has 2 N–H and O–H groups in total. The first-order chi connectivity index (χ1) is 24.9. The molecule has 0 unspecified atom stereocenters. The van der Waals surface area contributed by atoms with Crippen LogP contribution in [-0.2, 0) is 4.74 Å². The van der Waals surface area contributed by atoms with Gasteiger partial charge in [-0.15, -0.1) is 0 Å². The van der Waals surface area contributed by atoms with Crippen molar-refractivity contribution < 1.29 is 23.7 Å². The van der Waals surface area contributed by atoms with Crippen LogP contribution in [0.1, 0.15) is 12.8 Å². The Kier molecular flexibility index (Phi) is 12.4. The zero-order valence-electron chi connectivity index (χ0n) is 30.0. The molecule has 2 heterocycles. The second-order valence-electron chi connectivity index (χ2n) is 12.8. The lowest BCUT2D eigenvalue weighted by Gasteiger charge is -2.12. The lowest BCUT2D eigenvalue weighted by atomic mass is 10.2. The standard InChI is InChI=1S/C40H48N6O5/c1-45(2)19-9-21-48-29-15-17-33-35(27-29)43-39(41-33)31-11-5-7-13-37(31)50-25-23-47-24-26-51-38-14-8-6-12-32(38)40-42-34-18-16-30(28-36(34)44-40)49-22-10-20-46(3)4/h5-8,11-18,27-28H,9-10,19-26H2,1-4H3,(H,41,43)(H,42,44). The second kappa shape index (κ2) is 17.7. The highest BCUT2D eigenvalue weighted by Gasteiger charge is 2.13. The van der Waals surface area contributed by atoms with Gasteiger partial charge < -0.3 is 43.5 Å². The quantitative estimate of drug-likeness (QED) is 0.0826. The molecule has 0 saturated heterocycles. The summed E-state index contributed by atoms with van der Waals surface area (Å²) in [5.41, 5.74) is 5.35. The van der Waals surface area contributed by atoms with Gasteiger partial charge in [-0.1, -0.05) is 24.3 Å². The molecule has 0 atom stereocenters. The molecule has 11 heteroatoms. The van der Waals surface area contributed by atoms with Gasteiger partial charge in [0.2, 0.25) is 0 Å². The number of aromatic amines is 2. The van der Waals surface area contributed by atoms with E-state index >= 15 is 0 Å². The molecule has 6 aromatic rings. The molecule has 268 valence electrons. The van der Waals surface area contributed by atoms with Crippen LogP contribution < -0.4 is 18.9 Å². The molecule has 4 aromatic carbocycles. The van der Waals surface area contributed by atoms with Crippen molar-refractivity contribution in [2.45, 2.75) is 12.8 Å². The molecular formula is C40H48N6O5. The number of hydrogen-bond donors (Lipinski definition) is 2. The number of aromatic nitrogens is 4. The molecule has 0 aliphatic carbocycles. The molecule has 51 heavy (non-hydrogen) atoms. The Labute approximate surface area is 299 Å². The average Bonchev–Trinajstić information content (AvgIpc) is 3.76. The van der Waals surface area contributed by atoms with Crippen LogP contribution in [0.25, 0.3) is 44.8 Å². The maximum Gasteiger partial charge on any atom is 0.142 e. The van der Waals surface area contributed by atoms with Gasteiger partial charge in [0.15, 0.2) is 0 Å². The Hall–Kier alpha value is -5.10. The van der Waals surface area contributed by atoms with E-state index < -0.39 is 0 Å². The summed E-state index contributed by atoms with van der Waals surface area (Å²) in [6, 6.07) is 27.6. The maximum absolute atomic E-state index is 6.13. The van der Waals surface area contributed by atoms with Gasteiger partial charge in [0.25, 0.3) is 0 Å². The van der Waals surface area contributed by atoms with E-state index in [9.17, 15) is 0 Å². The first-order valence-electron chi connectivity index (χ1n) is 17.5. The largest absolute Gasteiger partial charge is 0.493 e. The molecule has 0 saturated carbocycles. The molecule has 0 bridgehead atoms. The van der Waals surface area contributed by atoms with E-state index in [4.69, 9.17) is 33.7 Å². The highest BCUT2D eigenvalue weighted by molar-refractivity contribution is 5.83. The molecule has 0 aliphatic rings. The van der Waals surface area contributed by atoms with Crippen molar-refractivity contribution in [2.24, 2.45) is 0 Å². The molecular weight excluding hydrogens is 644 g/mol. The van der Waals surface area contributed by atoms with Crippen molar-refractivity contribution in [2.75, 3.05) is 80.9 Å². The summed E-state index contributed by atoms with van der Waals surface area (Å²) in [4.78, 5) is 20.8. The van der Waals surface area contributed by atoms with Gasteiger partial charge >= 0.3 is 0 Å². The van der Waals surface area contributed by atoms with E-state index in [2.05, 4.69) is 48.0 Å². The fraction of sp³-hybridized carbons (Fsp3) is 0.350. The van der Waals surface area contributed by atoms with Crippen molar-refractivity contribution in [3.63, 3.8) is 0 Å². The summed E-state index contributed by atoms with van der Waals surface area (Å²) in [5, 5.41) is 0. The Morgan fingerprint density at radius 3 is 1.41 bits per heavy atom. The van der Waals surface area contributed by atoms with Crippen LogP contribution in [0.2, 0.25) is 0 Å². The van der Waals surface area contributed by atoms with Crippen LogP contribution >= 0.6 is 0 Å². The van der Waals surface area contributed by atoms with Crippen LogP contribution in [-0.4, -0.2) is 111 Å². The third-order valence-electron chi connectivity index (χ3n) is 8.20. The van der Waals surface area contributed by atoms with E-state index in [1.807, 2.05) is 84.9 Å². The SMILES string of the molecule is CN(C)CCCOc1ccc2nc(-c3ccccc3OCCOCCOc3ccccc3-c3nc4ccc(OCCCN(C)C)cc4[nH]3)[nH]c2c1. The highest BCUT2D eigenvalue weighted by Crippen LogP contribution is 2.32. The van der Waals surface area contributed by atoms with Crippen LogP contribution in [0.3, 0.4) is 0 Å². The topological polar surface area (TPSA) is 110 Å². The lowest BCUT2D eigenvalue weighted by Crippen LogP contribution is -2.15. The maximum atomic E-state index is 6.13. The molecule has 6 rings (SSSR count). The molecule has 0 radical (unpaired) electrons. The van der Waals surface area contributed by atoms with Crippen molar-refractivity contribution in [3.05, 3.63) is 84.9 Å². The van der Waals surface area contributed by atoms with Gasteiger partial charge in [-0.05, 0) is 89.6 Å². The fourth-order valence-corrected chi connectivity index (χ4v) is 5.65. The average molecular weight is 693 g/mol. The minimum absolute atomic E-state index is 0.388. The first-order valence-corrected chi connectivity index (χ1v) is 17.5. The Morgan fingerprint density at radius 2 is 0.961 bits per heavy atom. The normalized spacial score (nSPS) is 11.6. The summed E-state index contributed by atoms with van der Waals surface area (Å²) >= 11 is 0. The third-order valence-corrected chi connectivity index (χ3v) is 8.20. The second-order valence-corrected chi connectivity index (χ2v) is 12.8. The monoisotopic (exact) mass is 692 g/mol. The van der Waals surface area contributed by atoms with Crippen molar-refractivity contribution in [1.29, 1.82) is 0 Å². The number of nitrogens with zero attached hydrogens (tertiary/aromatic N) is 4. The highest BCUT2D eigenvalue weighted by atomic mass is 16.5. The van der Waals surface area contributed by atoms with Crippen molar-refractivity contribution in [3.8, 4) is 45.8 Å². The van der Waals surface area contributed by atoms with Gasteiger partial charge in [0.1, 0.15) is 47.9 Å². The van der Waals surface area contributed by atoms with Crippen LogP contribution in [0.15, 0.2) is 84.9 Å². The molecule has 0 aliphatic heterocycles. The number of benzene rings is 4. The van der Waals surface area contributed by atoms with Gasteiger partial charge in [-0.2, -0.15) is 0 Å². The smallest absolute Gasteiger partial charge is 0.142 e. The van der Waals surface area contributed by atoms with Crippen LogP contribution in [0, 0.1) is 0 Å². The number of fused-ring (bicyclic) bond motifs is 2. The summed E-state index contributed by atoms with van der Waals surface area (Å²) in [6.45, 7) is 4.91. The summed E-state index contributed by atoms with van der Waals surface area (Å²) in [7, 11) is 8.26. The molecule has 0 spiro atoms. The first kappa shape index (κ1) is 35.7. The predicted octanol–water partition coefficient (Wildman–Crippen LogP) is 6.91.